The number of hydrazine groups is 1. The predicted molar refractivity (Wildman–Crippen MR) is 118 cm³/mol. The molecule has 2 aliphatic rings. The molecule has 1 aromatic heterocycles. The van der Waals surface area contributed by atoms with E-state index in [9.17, 15) is 14.4 Å². The Morgan fingerprint density at radius 1 is 1.00 bits per heavy atom. The number of aromatic amines is 1. The maximum atomic E-state index is 12.6. The van der Waals surface area contributed by atoms with E-state index in [-0.39, 0.29) is 24.6 Å². The maximum absolute atomic E-state index is 12.6. The van der Waals surface area contributed by atoms with Gasteiger partial charge in [-0.15, -0.1) is 0 Å². The van der Waals surface area contributed by atoms with Gasteiger partial charge in [0.15, 0.2) is 11.5 Å². The second-order valence-electron chi connectivity index (χ2n) is 7.71. The fourth-order valence-corrected chi connectivity index (χ4v) is 3.82. The number of nitrogens with one attached hydrogen (secondary N) is 3. The number of carbonyl (C=O) groups is 3. The molecule has 0 unspecified atom stereocenters. The molecule has 1 fully saturated rings. The molecule has 33 heavy (non-hydrogen) atoms. The molecule has 1 saturated heterocycles. The molecule has 3 N–H and O–H groups in total. The van der Waals surface area contributed by atoms with Gasteiger partial charge in [0.1, 0.15) is 18.9 Å². The van der Waals surface area contributed by atoms with Gasteiger partial charge >= 0.3 is 0 Å². The Kier molecular flexibility index (Phi) is 5.39. The first-order valence-corrected chi connectivity index (χ1v) is 10.5. The van der Waals surface area contributed by atoms with E-state index >= 15 is 0 Å². The molecule has 0 aliphatic carbocycles. The first-order valence-electron chi connectivity index (χ1n) is 10.5. The second kappa shape index (κ2) is 8.65. The maximum Gasteiger partial charge on any atom is 0.287 e. The summed E-state index contributed by atoms with van der Waals surface area (Å²) in [4.78, 5) is 39.0. The van der Waals surface area contributed by atoms with Gasteiger partial charge in [0, 0.05) is 30.3 Å². The fourth-order valence-electron chi connectivity index (χ4n) is 3.82. The van der Waals surface area contributed by atoms with Crippen LogP contribution in [0.2, 0.25) is 0 Å². The molecule has 10 heteroatoms. The van der Waals surface area contributed by atoms with Crippen LogP contribution in [0, 0.1) is 5.92 Å². The van der Waals surface area contributed by atoms with Crippen LogP contribution >= 0.6 is 0 Å². The van der Waals surface area contributed by atoms with Gasteiger partial charge in [0.25, 0.3) is 5.91 Å². The zero-order chi connectivity index (χ0) is 22.8. The highest BCUT2D eigenvalue weighted by Gasteiger charge is 2.36. The summed E-state index contributed by atoms with van der Waals surface area (Å²) in [7, 11) is 0. The summed E-state index contributed by atoms with van der Waals surface area (Å²) in [6, 6.07) is 16.2. The number of anilines is 1. The van der Waals surface area contributed by atoms with Crippen LogP contribution in [0.1, 0.15) is 16.9 Å². The molecule has 2 aromatic carbocycles. The lowest BCUT2D eigenvalue weighted by atomic mass is 10.1. The zero-order valence-electron chi connectivity index (χ0n) is 17.5. The van der Waals surface area contributed by atoms with Gasteiger partial charge in [-0.1, -0.05) is 30.3 Å². The SMILES string of the molecule is O=C(NNC(=O)[C@H]1CC(=O)N(c2ccc3c(c2)OCCO3)C1)c1cc(-c2ccccc2)n[nH]1. The second-order valence-corrected chi connectivity index (χ2v) is 7.71. The quantitative estimate of drug-likeness (QED) is 0.523. The average molecular weight is 447 g/mol. The number of H-pyrrole nitrogens is 1. The number of benzene rings is 2. The van der Waals surface area contributed by atoms with Gasteiger partial charge in [-0.05, 0) is 18.2 Å². The first-order chi connectivity index (χ1) is 16.1. The smallest absolute Gasteiger partial charge is 0.287 e. The number of nitrogens with zero attached hydrogens (tertiary/aromatic N) is 2. The number of rotatable bonds is 4. The number of fused-ring (bicyclic) bond motifs is 1. The Labute approximate surface area is 188 Å². The van der Waals surface area contributed by atoms with Gasteiger partial charge in [-0.3, -0.25) is 30.3 Å². The summed E-state index contributed by atoms with van der Waals surface area (Å²) in [5, 5.41) is 6.79. The lowest BCUT2D eigenvalue weighted by Crippen LogP contribution is -2.45. The van der Waals surface area contributed by atoms with Gasteiger partial charge in [-0.2, -0.15) is 5.10 Å². The van der Waals surface area contributed by atoms with Crippen LogP contribution in [-0.2, 0) is 9.59 Å². The Hall–Kier alpha value is -4.34. The molecule has 0 spiro atoms. The van der Waals surface area contributed by atoms with Crippen LogP contribution in [0.3, 0.4) is 0 Å². The van der Waals surface area contributed by atoms with Gasteiger partial charge < -0.3 is 14.4 Å². The van der Waals surface area contributed by atoms with E-state index in [1.807, 2.05) is 30.3 Å². The summed E-state index contributed by atoms with van der Waals surface area (Å²) in [5.74, 6) is -0.568. The van der Waals surface area contributed by atoms with Crippen molar-refractivity contribution in [1.82, 2.24) is 21.0 Å². The molecule has 1 atom stereocenters. The van der Waals surface area contributed by atoms with Crippen LogP contribution in [0.4, 0.5) is 5.69 Å². The molecule has 3 aromatic rings. The Bertz CT molecular complexity index is 1210. The molecule has 5 rings (SSSR count). The highest BCUT2D eigenvalue weighted by Crippen LogP contribution is 2.36. The van der Waals surface area contributed by atoms with Crippen molar-refractivity contribution < 1.29 is 23.9 Å². The first kappa shape index (κ1) is 20.6. The molecular weight excluding hydrogens is 426 g/mol. The third kappa shape index (κ3) is 4.22. The summed E-state index contributed by atoms with van der Waals surface area (Å²) >= 11 is 0. The van der Waals surface area contributed by atoms with E-state index in [4.69, 9.17) is 9.47 Å². The van der Waals surface area contributed by atoms with Crippen molar-refractivity contribution >= 4 is 23.4 Å². The number of carbonyl (C=O) groups excluding carboxylic acids is 3. The molecule has 3 heterocycles. The molecular formula is C23H21N5O5. The lowest BCUT2D eigenvalue weighted by Gasteiger charge is -2.22. The van der Waals surface area contributed by atoms with E-state index in [1.165, 1.54) is 4.90 Å². The normalized spacial score (nSPS) is 17.0. The van der Waals surface area contributed by atoms with Crippen molar-refractivity contribution in [3.8, 4) is 22.8 Å². The van der Waals surface area contributed by atoms with Crippen molar-refractivity contribution in [2.75, 3.05) is 24.7 Å². The fraction of sp³-hybridized carbons (Fsp3) is 0.217. The molecule has 168 valence electrons. The summed E-state index contributed by atoms with van der Waals surface area (Å²) in [6.45, 7) is 1.12. The van der Waals surface area contributed by atoms with E-state index < -0.39 is 17.7 Å². The Morgan fingerprint density at radius 2 is 1.79 bits per heavy atom. The predicted octanol–water partition coefficient (Wildman–Crippen LogP) is 1.66. The van der Waals surface area contributed by atoms with Gasteiger partial charge in [-0.25, -0.2) is 0 Å². The van der Waals surface area contributed by atoms with Crippen molar-refractivity contribution in [3.05, 3.63) is 60.3 Å². The standard InChI is InChI=1S/C23H21N5O5/c29-21-10-15(13-28(21)16-6-7-19-20(11-16)33-9-8-32-19)22(30)26-27-23(31)18-12-17(24-25-18)14-4-2-1-3-5-14/h1-7,11-12,15H,8-10,13H2,(H,24,25)(H,26,30)(H,27,31)/t15-/m0/s1. The molecule has 0 saturated carbocycles. The van der Waals surface area contributed by atoms with E-state index in [1.54, 1.807) is 24.3 Å². The third-order valence-electron chi connectivity index (χ3n) is 5.52. The minimum absolute atomic E-state index is 0.0400. The molecule has 3 amide bonds. The van der Waals surface area contributed by atoms with Crippen molar-refractivity contribution in [2.45, 2.75) is 6.42 Å². The zero-order valence-corrected chi connectivity index (χ0v) is 17.5. The Balaban J connectivity index is 1.18. The van der Waals surface area contributed by atoms with Crippen LogP contribution < -0.4 is 25.2 Å². The van der Waals surface area contributed by atoms with E-state index in [0.717, 1.165) is 5.56 Å². The molecule has 0 bridgehead atoms. The molecule has 2 aliphatic heterocycles. The number of aromatic nitrogens is 2. The molecule has 10 nitrogen and oxygen atoms in total. The van der Waals surface area contributed by atoms with Crippen LogP contribution in [-0.4, -0.2) is 47.7 Å². The highest BCUT2D eigenvalue weighted by atomic mass is 16.6. The average Bonchev–Trinajstić information content (AvgIpc) is 3.50. The van der Waals surface area contributed by atoms with E-state index in [2.05, 4.69) is 21.0 Å². The summed E-state index contributed by atoms with van der Waals surface area (Å²) in [6.07, 6.45) is 0.0400. The summed E-state index contributed by atoms with van der Waals surface area (Å²) in [5.41, 5.74) is 7.09. The minimum Gasteiger partial charge on any atom is -0.486 e. The van der Waals surface area contributed by atoms with Crippen LogP contribution in [0.25, 0.3) is 11.3 Å². The third-order valence-corrected chi connectivity index (χ3v) is 5.52. The number of amides is 3. The lowest BCUT2D eigenvalue weighted by molar-refractivity contribution is -0.126. The Morgan fingerprint density at radius 3 is 2.61 bits per heavy atom. The van der Waals surface area contributed by atoms with Crippen molar-refractivity contribution in [3.63, 3.8) is 0 Å². The molecule has 0 radical (unpaired) electrons. The largest absolute Gasteiger partial charge is 0.486 e. The van der Waals surface area contributed by atoms with Crippen LogP contribution in [0.5, 0.6) is 11.5 Å². The van der Waals surface area contributed by atoms with E-state index in [0.29, 0.717) is 36.1 Å². The number of hydrogen-bond donors (Lipinski definition) is 3. The number of hydrogen-bond acceptors (Lipinski definition) is 6. The van der Waals surface area contributed by atoms with Crippen LogP contribution in [0.15, 0.2) is 54.6 Å². The number of ether oxygens (including phenoxy) is 2. The van der Waals surface area contributed by atoms with Crippen molar-refractivity contribution in [2.24, 2.45) is 5.92 Å². The summed E-state index contributed by atoms with van der Waals surface area (Å²) < 4.78 is 11.1. The van der Waals surface area contributed by atoms with Crippen molar-refractivity contribution in [1.29, 1.82) is 0 Å². The monoisotopic (exact) mass is 447 g/mol. The highest BCUT2D eigenvalue weighted by molar-refractivity contribution is 6.01. The topological polar surface area (TPSA) is 126 Å². The minimum atomic E-state index is -0.604. The van der Waals surface area contributed by atoms with Gasteiger partial charge in [0.05, 0.1) is 11.6 Å². The van der Waals surface area contributed by atoms with Gasteiger partial charge in [0.2, 0.25) is 11.8 Å².